The highest BCUT2D eigenvalue weighted by Gasteiger charge is 2.11. The third-order valence-electron chi connectivity index (χ3n) is 5.35. The van der Waals surface area contributed by atoms with Gasteiger partial charge in [0.2, 0.25) is 0 Å². The number of fused-ring (bicyclic) bond motifs is 1. The van der Waals surface area contributed by atoms with Crippen LogP contribution in [-0.2, 0) is 0 Å². The van der Waals surface area contributed by atoms with Crippen LogP contribution in [0.5, 0.6) is 17.2 Å². The molecular weight excluding hydrogens is 414 g/mol. The van der Waals surface area contributed by atoms with Crippen LogP contribution in [-0.4, -0.2) is 51.4 Å². The summed E-state index contributed by atoms with van der Waals surface area (Å²) in [7, 11) is 7.40. The van der Waals surface area contributed by atoms with Gasteiger partial charge in [-0.15, -0.1) is 0 Å². The van der Waals surface area contributed by atoms with Crippen LogP contribution in [0.4, 0.5) is 11.5 Å². The van der Waals surface area contributed by atoms with Gasteiger partial charge >= 0.3 is 0 Å². The van der Waals surface area contributed by atoms with Crippen LogP contribution in [0, 0.1) is 0 Å². The number of anilines is 2. The molecule has 1 N–H and O–H groups in total. The Labute approximate surface area is 194 Å². The average molecular weight is 444 g/mol. The van der Waals surface area contributed by atoms with Gasteiger partial charge in [-0.2, -0.15) is 0 Å². The van der Waals surface area contributed by atoms with Crippen LogP contribution in [0.15, 0.2) is 72.8 Å². The van der Waals surface area contributed by atoms with Crippen LogP contribution >= 0.6 is 0 Å². The molecule has 0 radical (unpaired) electrons. The van der Waals surface area contributed by atoms with Crippen LogP contribution in [0.25, 0.3) is 22.0 Å². The van der Waals surface area contributed by atoms with Gasteiger partial charge in [0.15, 0.2) is 0 Å². The van der Waals surface area contributed by atoms with E-state index in [1.165, 1.54) is 0 Å². The molecule has 6 nitrogen and oxygen atoms in total. The Morgan fingerprint density at radius 1 is 0.788 bits per heavy atom. The predicted octanol–water partition coefficient (Wildman–Crippen LogP) is 5.60. The van der Waals surface area contributed by atoms with Crippen molar-refractivity contribution >= 4 is 22.4 Å². The standard InChI is InChI=1S/C27H29N3O3/c1-30(2)15-16-33-23-11-7-21(8-12-23)28-27-25(19-5-9-22(31-3)10-6-19)18-20-17-24(32-4)13-14-26(20)29-27/h5-14,17-18H,15-16H2,1-4H3,(H,28,29). The molecule has 0 aliphatic rings. The number of nitrogens with zero attached hydrogens (tertiary/aromatic N) is 2. The highest BCUT2D eigenvalue weighted by Crippen LogP contribution is 2.34. The van der Waals surface area contributed by atoms with Gasteiger partial charge in [0.25, 0.3) is 0 Å². The van der Waals surface area contributed by atoms with E-state index in [2.05, 4.69) is 16.3 Å². The summed E-state index contributed by atoms with van der Waals surface area (Å²) >= 11 is 0. The van der Waals surface area contributed by atoms with E-state index in [1.54, 1.807) is 14.2 Å². The summed E-state index contributed by atoms with van der Waals surface area (Å²) < 4.78 is 16.5. The maximum absolute atomic E-state index is 5.81. The first-order chi connectivity index (χ1) is 16.1. The number of methoxy groups -OCH3 is 2. The molecule has 1 heterocycles. The van der Waals surface area contributed by atoms with E-state index in [0.29, 0.717) is 6.61 Å². The van der Waals surface area contributed by atoms with Crippen molar-refractivity contribution in [1.82, 2.24) is 9.88 Å². The number of ether oxygens (including phenoxy) is 3. The SMILES string of the molecule is COc1ccc(-c2cc3cc(OC)ccc3nc2Nc2ccc(OCCN(C)C)cc2)cc1. The third kappa shape index (κ3) is 5.54. The summed E-state index contributed by atoms with van der Waals surface area (Å²) in [4.78, 5) is 7.02. The molecule has 6 heteroatoms. The predicted molar refractivity (Wildman–Crippen MR) is 134 cm³/mol. The van der Waals surface area contributed by atoms with Crippen LogP contribution in [0.3, 0.4) is 0 Å². The Balaban J connectivity index is 1.66. The fourth-order valence-electron chi connectivity index (χ4n) is 3.48. The van der Waals surface area contributed by atoms with Crippen LogP contribution < -0.4 is 19.5 Å². The van der Waals surface area contributed by atoms with E-state index in [4.69, 9.17) is 19.2 Å². The molecule has 4 rings (SSSR count). The lowest BCUT2D eigenvalue weighted by molar-refractivity contribution is 0.261. The molecule has 0 spiro atoms. The second-order valence-electron chi connectivity index (χ2n) is 7.97. The van der Waals surface area contributed by atoms with Gasteiger partial charge in [0, 0.05) is 23.2 Å². The number of pyridine rings is 1. The number of hydrogen-bond acceptors (Lipinski definition) is 6. The molecule has 0 fully saturated rings. The van der Waals surface area contributed by atoms with E-state index < -0.39 is 0 Å². The number of nitrogens with one attached hydrogen (secondary N) is 1. The molecule has 3 aromatic carbocycles. The summed E-state index contributed by atoms with van der Waals surface area (Å²) in [5.74, 6) is 3.24. The van der Waals surface area contributed by atoms with Gasteiger partial charge in [-0.3, -0.25) is 0 Å². The first-order valence-electron chi connectivity index (χ1n) is 10.8. The summed E-state index contributed by atoms with van der Waals surface area (Å²) in [6, 6.07) is 23.9. The van der Waals surface area contributed by atoms with Gasteiger partial charge in [0.1, 0.15) is 29.7 Å². The molecule has 0 aliphatic heterocycles. The lowest BCUT2D eigenvalue weighted by atomic mass is 10.0. The van der Waals surface area contributed by atoms with E-state index in [1.807, 2.05) is 80.8 Å². The molecule has 0 unspecified atom stereocenters. The molecule has 0 aliphatic carbocycles. The van der Waals surface area contributed by atoms with E-state index >= 15 is 0 Å². The minimum absolute atomic E-state index is 0.650. The van der Waals surface area contributed by atoms with Crippen molar-refractivity contribution in [3.05, 3.63) is 72.8 Å². The largest absolute Gasteiger partial charge is 0.497 e. The highest BCUT2D eigenvalue weighted by molar-refractivity contribution is 5.91. The maximum atomic E-state index is 5.81. The first kappa shape index (κ1) is 22.4. The monoisotopic (exact) mass is 443 g/mol. The van der Waals surface area contributed by atoms with Gasteiger partial charge in [-0.25, -0.2) is 4.98 Å². The highest BCUT2D eigenvalue weighted by atomic mass is 16.5. The van der Waals surface area contributed by atoms with Crippen molar-refractivity contribution in [2.45, 2.75) is 0 Å². The van der Waals surface area contributed by atoms with Crippen molar-refractivity contribution < 1.29 is 14.2 Å². The van der Waals surface area contributed by atoms with Gasteiger partial charge < -0.3 is 24.4 Å². The topological polar surface area (TPSA) is 55.9 Å². The van der Waals surface area contributed by atoms with Crippen molar-refractivity contribution in [1.29, 1.82) is 0 Å². The summed E-state index contributed by atoms with van der Waals surface area (Å²) in [5.41, 5.74) is 3.85. The summed E-state index contributed by atoms with van der Waals surface area (Å²) in [6.45, 7) is 1.52. The molecule has 0 atom stereocenters. The van der Waals surface area contributed by atoms with E-state index in [0.717, 1.165) is 57.3 Å². The number of rotatable bonds is 9. The second-order valence-corrected chi connectivity index (χ2v) is 7.97. The second kappa shape index (κ2) is 10.2. The fourth-order valence-corrected chi connectivity index (χ4v) is 3.48. The van der Waals surface area contributed by atoms with Crippen molar-refractivity contribution in [3.63, 3.8) is 0 Å². The zero-order valence-electron chi connectivity index (χ0n) is 19.5. The minimum Gasteiger partial charge on any atom is -0.497 e. The smallest absolute Gasteiger partial charge is 0.138 e. The van der Waals surface area contributed by atoms with Crippen molar-refractivity contribution in [3.8, 4) is 28.4 Å². The zero-order chi connectivity index (χ0) is 23.2. The Bertz CT molecular complexity index is 1210. The summed E-state index contributed by atoms with van der Waals surface area (Å²) in [5, 5.41) is 4.49. The lowest BCUT2D eigenvalue weighted by Crippen LogP contribution is -2.19. The molecule has 0 amide bonds. The molecule has 0 saturated carbocycles. The number of likely N-dealkylation sites (N-methyl/N-ethyl adjacent to an activating group) is 1. The number of benzene rings is 3. The van der Waals surface area contributed by atoms with E-state index in [-0.39, 0.29) is 0 Å². The van der Waals surface area contributed by atoms with Gasteiger partial charge in [-0.05, 0) is 80.3 Å². The zero-order valence-corrected chi connectivity index (χ0v) is 19.5. The molecule has 33 heavy (non-hydrogen) atoms. The van der Waals surface area contributed by atoms with Gasteiger partial charge in [-0.1, -0.05) is 12.1 Å². The molecule has 0 saturated heterocycles. The normalized spacial score (nSPS) is 10.9. The first-order valence-corrected chi connectivity index (χ1v) is 10.8. The molecule has 1 aromatic heterocycles. The Morgan fingerprint density at radius 3 is 2.12 bits per heavy atom. The molecule has 170 valence electrons. The van der Waals surface area contributed by atoms with Gasteiger partial charge in [0.05, 0.1) is 19.7 Å². The maximum Gasteiger partial charge on any atom is 0.138 e. The Kier molecular flexibility index (Phi) is 6.95. The third-order valence-corrected chi connectivity index (χ3v) is 5.35. The van der Waals surface area contributed by atoms with Crippen LogP contribution in [0.1, 0.15) is 0 Å². The Morgan fingerprint density at radius 2 is 1.45 bits per heavy atom. The average Bonchev–Trinajstić information content (AvgIpc) is 2.84. The molecule has 0 bridgehead atoms. The van der Waals surface area contributed by atoms with E-state index in [9.17, 15) is 0 Å². The minimum atomic E-state index is 0.650. The van der Waals surface area contributed by atoms with Crippen molar-refractivity contribution in [2.24, 2.45) is 0 Å². The Hall–Kier alpha value is -3.77. The lowest BCUT2D eigenvalue weighted by Gasteiger charge is -2.15. The van der Waals surface area contributed by atoms with Crippen molar-refractivity contribution in [2.75, 3.05) is 46.8 Å². The number of aromatic nitrogens is 1. The quantitative estimate of drug-likeness (QED) is 0.363. The molecule has 4 aromatic rings. The summed E-state index contributed by atoms with van der Waals surface area (Å²) in [6.07, 6.45) is 0. The number of hydrogen-bond donors (Lipinski definition) is 1. The van der Waals surface area contributed by atoms with Crippen LogP contribution in [0.2, 0.25) is 0 Å². The molecular formula is C27H29N3O3. The fraction of sp³-hybridized carbons (Fsp3) is 0.222.